The molecule has 0 amide bonds. The van der Waals surface area contributed by atoms with E-state index < -0.39 is 0 Å². The number of nitrogens with one attached hydrogen (secondary N) is 1. The maximum absolute atomic E-state index is 3.87. The Balaban J connectivity index is 2.33. The summed E-state index contributed by atoms with van der Waals surface area (Å²) in [6, 6.07) is 7.71. The van der Waals surface area contributed by atoms with Crippen LogP contribution in [0.3, 0.4) is 0 Å². The van der Waals surface area contributed by atoms with Gasteiger partial charge in [0.2, 0.25) is 0 Å². The number of hydrogen-bond acceptors (Lipinski definition) is 1. The Morgan fingerprint density at radius 2 is 1.48 bits per heavy atom. The molecule has 0 atom stereocenters. The molecule has 0 unspecified atom stereocenters. The third-order valence-electron chi connectivity index (χ3n) is 4.66. The Labute approximate surface area is 131 Å². The van der Waals surface area contributed by atoms with Gasteiger partial charge < -0.3 is 5.32 Å². The lowest BCUT2D eigenvalue weighted by Crippen LogP contribution is -2.25. The van der Waals surface area contributed by atoms with E-state index >= 15 is 0 Å². The van der Waals surface area contributed by atoms with E-state index in [4.69, 9.17) is 0 Å². The second-order valence-electron chi connectivity index (χ2n) is 8.74. The van der Waals surface area contributed by atoms with Crippen LogP contribution in [0.1, 0.15) is 84.8 Å². The first-order valence-corrected chi connectivity index (χ1v) is 8.59. The molecule has 1 aliphatic rings. The van der Waals surface area contributed by atoms with Crippen molar-refractivity contribution in [2.75, 3.05) is 5.32 Å². The summed E-state index contributed by atoms with van der Waals surface area (Å²) < 4.78 is 0. The molecular formula is C20H33N. The van der Waals surface area contributed by atoms with Crippen LogP contribution in [-0.4, -0.2) is 6.04 Å². The van der Waals surface area contributed by atoms with Crippen molar-refractivity contribution in [3.05, 3.63) is 29.3 Å². The molecule has 1 fully saturated rings. The number of hydrogen-bond donors (Lipinski definition) is 1. The van der Waals surface area contributed by atoms with Gasteiger partial charge >= 0.3 is 0 Å². The van der Waals surface area contributed by atoms with Gasteiger partial charge in [-0.1, -0.05) is 72.9 Å². The molecule has 0 spiro atoms. The summed E-state index contributed by atoms with van der Waals surface area (Å²) in [7, 11) is 0. The average molecular weight is 287 g/mol. The van der Waals surface area contributed by atoms with E-state index in [9.17, 15) is 0 Å². The molecule has 1 aromatic rings. The zero-order valence-corrected chi connectivity index (χ0v) is 14.8. The van der Waals surface area contributed by atoms with Crippen molar-refractivity contribution in [2.45, 2.75) is 90.5 Å². The minimum atomic E-state index is 0.188. The molecule has 1 heteroatoms. The zero-order valence-electron chi connectivity index (χ0n) is 14.8. The largest absolute Gasteiger partial charge is 0.382 e. The van der Waals surface area contributed by atoms with Gasteiger partial charge in [0, 0.05) is 11.7 Å². The molecule has 1 nitrogen and oxygen atoms in total. The SMILES string of the molecule is CC(C)(C)c1ccc(C(C)(C)C)c(NC2CCCCC2)c1. The van der Waals surface area contributed by atoms with Crippen molar-refractivity contribution in [1.82, 2.24) is 0 Å². The van der Waals surface area contributed by atoms with Gasteiger partial charge in [0.1, 0.15) is 0 Å². The van der Waals surface area contributed by atoms with Gasteiger partial charge in [-0.2, -0.15) is 0 Å². The van der Waals surface area contributed by atoms with Gasteiger partial charge in [-0.3, -0.25) is 0 Å². The molecule has 0 saturated heterocycles. The highest BCUT2D eigenvalue weighted by molar-refractivity contribution is 5.57. The summed E-state index contributed by atoms with van der Waals surface area (Å²) in [6.07, 6.45) is 6.81. The molecule has 0 aliphatic heterocycles. The molecule has 1 aliphatic carbocycles. The fourth-order valence-corrected chi connectivity index (χ4v) is 3.25. The molecule has 118 valence electrons. The third-order valence-corrected chi connectivity index (χ3v) is 4.66. The molecule has 0 bridgehead atoms. The second kappa shape index (κ2) is 6.02. The van der Waals surface area contributed by atoms with E-state index in [0.717, 1.165) is 0 Å². The normalized spacial score (nSPS) is 17.8. The molecule has 1 aromatic carbocycles. The minimum Gasteiger partial charge on any atom is -0.382 e. The van der Waals surface area contributed by atoms with Gasteiger partial charge in [-0.15, -0.1) is 0 Å². The molecule has 0 aromatic heterocycles. The predicted octanol–water partition coefficient (Wildman–Crippen LogP) is 6.03. The summed E-state index contributed by atoms with van der Waals surface area (Å²) in [5.41, 5.74) is 4.63. The highest BCUT2D eigenvalue weighted by atomic mass is 14.9. The van der Waals surface area contributed by atoms with Crippen molar-refractivity contribution in [1.29, 1.82) is 0 Å². The van der Waals surface area contributed by atoms with Crippen LogP contribution in [0.4, 0.5) is 5.69 Å². The zero-order chi connectivity index (χ0) is 15.7. The number of benzene rings is 1. The van der Waals surface area contributed by atoms with E-state index in [-0.39, 0.29) is 10.8 Å². The lowest BCUT2D eigenvalue weighted by Gasteiger charge is -2.31. The summed E-state index contributed by atoms with van der Waals surface area (Å²) in [5.74, 6) is 0. The topological polar surface area (TPSA) is 12.0 Å². The maximum Gasteiger partial charge on any atom is 0.0383 e. The van der Waals surface area contributed by atoms with Crippen molar-refractivity contribution in [2.24, 2.45) is 0 Å². The van der Waals surface area contributed by atoms with Crippen LogP contribution in [0.5, 0.6) is 0 Å². The lowest BCUT2D eigenvalue weighted by molar-refractivity contribution is 0.461. The predicted molar refractivity (Wildman–Crippen MR) is 94.3 cm³/mol. The van der Waals surface area contributed by atoms with Crippen LogP contribution >= 0.6 is 0 Å². The summed E-state index contributed by atoms with van der Waals surface area (Å²) in [5, 5.41) is 3.87. The molecule has 21 heavy (non-hydrogen) atoms. The van der Waals surface area contributed by atoms with Crippen molar-refractivity contribution in [3.63, 3.8) is 0 Å². The van der Waals surface area contributed by atoms with E-state index in [0.29, 0.717) is 6.04 Å². The maximum atomic E-state index is 3.87. The Bertz CT molecular complexity index is 468. The first kappa shape index (κ1) is 16.4. The van der Waals surface area contributed by atoms with Gasteiger partial charge in [-0.25, -0.2) is 0 Å². The molecule has 0 radical (unpaired) electrons. The standard InChI is InChI=1S/C20H33N/c1-19(2,3)15-12-13-17(20(4,5)6)18(14-15)21-16-10-8-7-9-11-16/h12-14,16,21H,7-11H2,1-6H3. The Kier molecular flexibility index (Phi) is 4.70. The number of rotatable bonds is 2. The molecule has 0 heterocycles. The fourth-order valence-electron chi connectivity index (χ4n) is 3.25. The van der Waals surface area contributed by atoms with Crippen LogP contribution in [0, 0.1) is 0 Å². The van der Waals surface area contributed by atoms with E-state index in [1.165, 1.54) is 48.9 Å². The van der Waals surface area contributed by atoms with Crippen molar-refractivity contribution < 1.29 is 0 Å². The Hall–Kier alpha value is -0.980. The molecular weight excluding hydrogens is 254 g/mol. The summed E-state index contributed by atoms with van der Waals surface area (Å²) >= 11 is 0. The van der Waals surface area contributed by atoms with Crippen LogP contribution in [0.15, 0.2) is 18.2 Å². The van der Waals surface area contributed by atoms with Gasteiger partial charge in [0.05, 0.1) is 0 Å². The smallest absolute Gasteiger partial charge is 0.0383 e. The fraction of sp³-hybridized carbons (Fsp3) is 0.700. The van der Waals surface area contributed by atoms with Crippen molar-refractivity contribution in [3.8, 4) is 0 Å². The van der Waals surface area contributed by atoms with Gasteiger partial charge in [0.15, 0.2) is 0 Å². The summed E-state index contributed by atoms with van der Waals surface area (Å²) in [4.78, 5) is 0. The molecule has 1 saturated carbocycles. The Morgan fingerprint density at radius 3 is 2.00 bits per heavy atom. The first-order valence-electron chi connectivity index (χ1n) is 8.59. The highest BCUT2D eigenvalue weighted by Gasteiger charge is 2.23. The van der Waals surface area contributed by atoms with Crippen LogP contribution in [0.2, 0.25) is 0 Å². The minimum absolute atomic E-state index is 0.188. The van der Waals surface area contributed by atoms with Crippen LogP contribution in [0.25, 0.3) is 0 Å². The lowest BCUT2D eigenvalue weighted by atomic mass is 9.80. The quantitative estimate of drug-likeness (QED) is 0.700. The van der Waals surface area contributed by atoms with Crippen LogP contribution in [-0.2, 0) is 10.8 Å². The first-order chi connectivity index (χ1) is 9.68. The van der Waals surface area contributed by atoms with Crippen LogP contribution < -0.4 is 5.32 Å². The van der Waals surface area contributed by atoms with E-state index in [2.05, 4.69) is 65.1 Å². The number of anilines is 1. The monoisotopic (exact) mass is 287 g/mol. The molecule has 2 rings (SSSR count). The van der Waals surface area contributed by atoms with Gasteiger partial charge in [-0.05, 0) is 40.9 Å². The third kappa shape index (κ3) is 4.25. The molecule has 1 N–H and O–H groups in total. The van der Waals surface area contributed by atoms with Crippen molar-refractivity contribution >= 4 is 5.69 Å². The van der Waals surface area contributed by atoms with E-state index in [1.54, 1.807) is 0 Å². The average Bonchev–Trinajstić information content (AvgIpc) is 2.37. The highest BCUT2D eigenvalue weighted by Crippen LogP contribution is 2.35. The van der Waals surface area contributed by atoms with Gasteiger partial charge in [0.25, 0.3) is 0 Å². The Morgan fingerprint density at radius 1 is 0.857 bits per heavy atom. The second-order valence-corrected chi connectivity index (χ2v) is 8.74. The van der Waals surface area contributed by atoms with E-state index in [1.807, 2.05) is 0 Å². The summed E-state index contributed by atoms with van der Waals surface area (Å²) in [6.45, 7) is 13.8.